The molecule has 1 aromatic heterocycles. The van der Waals surface area contributed by atoms with E-state index < -0.39 is 5.95 Å². The second kappa shape index (κ2) is 6.26. The minimum Gasteiger partial charge on any atom is -0.352 e. The molecule has 2 rings (SSSR count). The van der Waals surface area contributed by atoms with Crippen molar-refractivity contribution >= 4 is 11.8 Å². The van der Waals surface area contributed by atoms with Crippen molar-refractivity contribution in [2.24, 2.45) is 0 Å². The number of nitrogens with one attached hydrogen (secondary N) is 1. The summed E-state index contributed by atoms with van der Waals surface area (Å²) in [7, 11) is 0. The fourth-order valence-corrected chi connectivity index (χ4v) is 2.06. The van der Waals surface area contributed by atoms with Crippen molar-refractivity contribution in [1.82, 2.24) is 15.2 Å². The Bertz CT molecular complexity index is 479. The molecule has 2 amide bonds. The van der Waals surface area contributed by atoms with Crippen molar-refractivity contribution in [2.45, 2.75) is 19.3 Å². The van der Waals surface area contributed by atoms with E-state index in [1.807, 2.05) is 0 Å². The van der Waals surface area contributed by atoms with Gasteiger partial charge in [-0.1, -0.05) is 0 Å². The summed E-state index contributed by atoms with van der Waals surface area (Å²) in [5.41, 5.74) is 0.254. The summed E-state index contributed by atoms with van der Waals surface area (Å²) >= 11 is 0. The quantitative estimate of drug-likeness (QED) is 0.637. The lowest BCUT2D eigenvalue weighted by Gasteiger charge is -2.15. The van der Waals surface area contributed by atoms with Crippen LogP contribution in [0.5, 0.6) is 0 Å². The number of likely N-dealkylation sites (tertiary alicyclic amines) is 1. The molecular formula is C13H16FN3O2. The van der Waals surface area contributed by atoms with Gasteiger partial charge in [0.25, 0.3) is 5.91 Å². The summed E-state index contributed by atoms with van der Waals surface area (Å²) < 4.78 is 12.8. The van der Waals surface area contributed by atoms with Gasteiger partial charge in [-0.25, -0.2) is 4.98 Å². The molecule has 1 saturated heterocycles. The molecule has 0 radical (unpaired) electrons. The summed E-state index contributed by atoms with van der Waals surface area (Å²) in [6.45, 7) is 1.93. The van der Waals surface area contributed by atoms with E-state index in [2.05, 4.69) is 10.3 Å². The van der Waals surface area contributed by atoms with Crippen LogP contribution < -0.4 is 5.32 Å². The molecule has 19 heavy (non-hydrogen) atoms. The van der Waals surface area contributed by atoms with E-state index in [9.17, 15) is 14.0 Å². The van der Waals surface area contributed by atoms with Gasteiger partial charge in [-0.05, 0) is 18.9 Å². The first-order chi connectivity index (χ1) is 9.16. The molecule has 0 saturated carbocycles. The summed E-state index contributed by atoms with van der Waals surface area (Å²) in [4.78, 5) is 28.2. The Kier molecular flexibility index (Phi) is 4.43. The van der Waals surface area contributed by atoms with Crippen molar-refractivity contribution in [1.29, 1.82) is 0 Å². The molecule has 0 aromatic carbocycles. The molecule has 0 unspecified atom stereocenters. The molecule has 5 nitrogen and oxygen atoms in total. The smallest absolute Gasteiger partial charge is 0.251 e. The van der Waals surface area contributed by atoms with E-state index in [1.54, 1.807) is 4.90 Å². The highest BCUT2D eigenvalue weighted by atomic mass is 19.1. The van der Waals surface area contributed by atoms with E-state index in [1.165, 1.54) is 12.3 Å². The number of hydrogen-bond acceptors (Lipinski definition) is 3. The number of rotatable bonds is 5. The van der Waals surface area contributed by atoms with Crippen LogP contribution in [0.4, 0.5) is 4.39 Å². The predicted molar refractivity (Wildman–Crippen MR) is 67.0 cm³/mol. The lowest BCUT2D eigenvalue weighted by Crippen LogP contribution is -2.30. The van der Waals surface area contributed by atoms with Crippen LogP contribution in [0.1, 0.15) is 29.6 Å². The highest BCUT2D eigenvalue weighted by Gasteiger charge is 2.19. The first-order valence-electron chi connectivity index (χ1n) is 6.34. The van der Waals surface area contributed by atoms with Gasteiger partial charge in [-0.2, -0.15) is 4.39 Å². The van der Waals surface area contributed by atoms with Crippen LogP contribution in [0, 0.1) is 5.95 Å². The fourth-order valence-electron chi connectivity index (χ4n) is 2.06. The van der Waals surface area contributed by atoms with Crippen molar-refractivity contribution < 1.29 is 14.0 Å². The van der Waals surface area contributed by atoms with Gasteiger partial charge in [0.2, 0.25) is 11.9 Å². The average molecular weight is 265 g/mol. The maximum Gasteiger partial charge on any atom is 0.251 e. The highest BCUT2D eigenvalue weighted by molar-refractivity contribution is 5.93. The van der Waals surface area contributed by atoms with Gasteiger partial charge in [0.05, 0.1) is 0 Å². The number of amides is 2. The van der Waals surface area contributed by atoms with E-state index in [4.69, 9.17) is 0 Å². The summed E-state index contributed by atoms with van der Waals surface area (Å²) in [5.74, 6) is -0.813. The molecule has 0 bridgehead atoms. The van der Waals surface area contributed by atoms with Crippen LogP contribution in [-0.4, -0.2) is 41.3 Å². The van der Waals surface area contributed by atoms with Gasteiger partial charge in [0, 0.05) is 43.9 Å². The minimum atomic E-state index is -0.671. The number of aromatic nitrogens is 1. The maximum atomic E-state index is 12.8. The van der Waals surface area contributed by atoms with Crippen LogP contribution in [0.2, 0.25) is 0 Å². The van der Waals surface area contributed by atoms with Gasteiger partial charge in [0.15, 0.2) is 0 Å². The van der Waals surface area contributed by atoms with E-state index in [-0.39, 0.29) is 17.4 Å². The van der Waals surface area contributed by atoms with Crippen molar-refractivity contribution in [3.05, 3.63) is 29.8 Å². The van der Waals surface area contributed by atoms with Gasteiger partial charge >= 0.3 is 0 Å². The Labute approximate surface area is 110 Å². The highest BCUT2D eigenvalue weighted by Crippen LogP contribution is 2.09. The molecule has 0 aliphatic carbocycles. The first kappa shape index (κ1) is 13.5. The number of halogens is 1. The lowest BCUT2D eigenvalue weighted by molar-refractivity contribution is -0.127. The Morgan fingerprint density at radius 1 is 1.53 bits per heavy atom. The zero-order chi connectivity index (χ0) is 13.7. The van der Waals surface area contributed by atoms with Crippen LogP contribution in [0.3, 0.4) is 0 Å². The molecule has 1 N–H and O–H groups in total. The van der Waals surface area contributed by atoms with Crippen molar-refractivity contribution in [3.8, 4) is 0 Å². The number of carbonyl (C=O) groups is 2. The van der Waals surface area contributed by atoms with Crippen LogP contribution in [0.25, 0.3) is 0 Å². The zero-order valence-electron chi connectivity index (χ0n) is 10.6. The van der Waals surface area contributed by atoms with Crippen molar-refractivity contribution in [2.75, 3.05) is 19.6 Å². The Hall–Kier alpha value is -1.98. The first-order valence-corrected chi connectivity index (χ1v) is 6.34. The normalized spacial score (nSPS) is 14.8. The minimum absolute atomic E-state index is 0.183. The third-order valence-electron chi connectivity index (χ3n) is 3.05. The molecular weight excluding hydrogens is 249 g/mol. The lowest BCUT2D eigenvalue weighted by atomic mass is 10.2. The Morgan fingerprint density at radius 2 is 2.37 bits per heavy atom. The third-order valence-corrected chi connectivity index (χ3v) is 3.05. The number of hydrogen-bond donors (Lipinski definition) is 1. The van der Waals surface area contributed by atoms with Crippen molar-refractivity contribution in [3.63, 3.8) is 0 Å². The number of carbonyl (C=O) groups excluding carboxylic acids is 2. The summed E-state index contributed by atoms with van der Waals surface area (Å²) in [6, 6.07) is 2.56. The number of nitrogens with zero attached hydrogens (tertiary/aromatic N) is 2. The van der Waals surface area contributed by atoms with Crippen LogP contribution in [-0.2, 0) is 4.79 Å². The van der Waals surface area contributed by atoms with Gasteiger partial charge in [-0.15, -0.1) is 0 Å². The second-order valence-electron chi connectivity index (χ2n) is 4.46. The second-order valence-corrected chi connectivity index (χ2v) is 4.46. The molecule has 1 aromatic rings. The van der Waals surface area contributed by atoms with E-state index in [0.717, 1.165) is 19.0 Å². The van der Waals surface area contributed by atoms with Gasteiger partial charge < -0.3 is 10.2 Å². The van der Waals surface area contributed by atoms with Crippen LogP contribution >= 0.6 is 0 Å². The maximum absolute atomic E-state index is 12.8. The Morgan fingerprint density at radius 3 is 3.05 bits per heavy atom. The summed E-state index contributed by atoms with van der Waals surface area (Å²) in [5, 5.41) is 2.69. The molecule has 0 spiro atoms. The van der Waals surface area contributed by atoms with E-state index in [0.29, 0.717) is 25.9 Å². The number of pyridine rings is 1. The summed E-state index contributed by atoms with van der Waals surface area (Å²) in [6.07, 6.45) is 3.50. The molecule has 1 fully saturated rings. The van der Waals surface area contributed by atoms with Crippen LogP contribution in [0.15, 0.2) is 18.3 Å². The van der Waals surface area contributed by atoms with Gasteiger partial charge in [0.1, 0.15) is 0 Å². The SMILES string of the molecule is O=C(NCCCN1CCCC1=O)c1ccnc(F)c1. The predicted octanol–water partition coefficient (Wildman–Crippen LogP) is 0.963. The molecule has 1 aliphatic rings. The Balaban J connectivity index is 1.71. The molecule has 1 aliphatic heterocycles. The standard InChI is InChI=1S/C13H16FN3O2/c14-11-9-10(4-6-15-11)13(19)16-5-2-8-17-7-1-3-12(17)18/h4,6,9H,1-3,5,7-8H2,(H,16,19). The zero-order valence-corrected chi connectivity index (χ0v) is 10.6. The largest absolute Gasteiger partial charge is 0.352 e. The fraction of sp³-hybridized carbons (Fsp3) is 0.462. The van der Waals surface area contributed by atoms with E-state index >= 15 is 0 Å². The molecule has 6 heteroatoms. The molecule has 102 valence electrons. The third kappa shape index (κ3) is 3.74. The monoisotopic (exact) mass is 265 g/mol. The van der Waals surface area contributed by atoms with Gasteiger partial charge in [-0.3, -0.25) is 9.59 Å². The average Bonchev–Trinajstić information content (AvgIpc) is 2.80. The molecule has 2 heterocycles. The molecule has 0 atom stereocenters. The topological polar surface area (TPSA) is 62.3 Å².